The monoisotopic (exact) mass is 275 g/mol. The zero-order valence-corrected chi connectivity index (χ0v) is 11.6. The second-order valence-corrected chi connectivity index (χ2v) is 5.20. The molecule has 6 heteroatoms. The normalized spacial score (nSPS) is 11.4. The summed E-state index contributed by atoms with van der Waals surface area (Å²) in [6, 6.07) is 1.41. The lowest BCUT2D eigenvalue weighted by Crippen LogP contribution is -2.43. The molecule has 94 valence electrons. The van der Waals surface area contributed by atoms with Crippen molar-refractivity contribution in [2.45, 2.75) is 39.2 Å². The van der Waals surface area contributed by atoms with Gasteiger partial charge in [-0.25, -0.2) is 0 Å². The molecule has 1 aromatic heterocycles. The zero-order chi connectivity index (χ0) is 13.1. The number of hydrogen-bond acceptors (Lipinski definition) is 3. The van der Waals surface area contributed by atoms with E-state index in [1.165, 1.54) is 6.07 Å². The topological polar surface area (TPSA) is 54.9 Å². The van der Waals surface area contributed by atoms with Crippen LogP contribution < -0.4 is 5.32 Å². The molecule has 0 aliphatic carbocycles. The summed E-state index contributed by atoms with van der Waals surface area (Å²) in [7, 11) is 0. The Hall–Kier alpha value is -0.870. The Morgan fingerprint density at radius 1 is 1.41 bits per heavy atom. The van der Waals surface area contributed by atoms with E-state index in [2.05, 4.69) is 22.4 Å². The molecule has 1 rings (SSSR count). The number of hydrogen-bond donors (Lipinski definition) is 1. The molecular weight excluding hydrogens is 261 g/mol. The van der Waals surface area contributed by atoms with Gasteiger partial charge in [0.05, 0.1) is 5.56 Å². The summed E-state index contributed by atoms with van der Waals surface area (Å²) < 4.78 is 0. The second kappa shape index (κ2) is 5.65. The molecule has 0 unspecified atom stereocenters. The number of rotatable bonds is 4. The lowest BCUT2D eigenvalue weighted by atomic mass is 9.98. The highest BCUT2D eigenvalue weighted by atomic mass is 35.5. The SMILES string of the molecule is CCCC(C)(C)NC(=O)c1cc(Cl)nnc1Cl. The average Bonchev–Trinajstić information content (AvgIpc) is 2.20. The van der Waals surface area contributed by atoms with Gasteiger partial charge in [-0.15, -0.1) is 10.2 Å². The van der Waals surface area contributed by atoms with Gasteiger partial charge in [-0.1, -0.05) is 36.5 Å². The maximum Gasteiger partial charge on any atom is 0.255 e. The highest BCUT2D eigenvalue weighted by Crippen LogP contribution is 2.18. The molecule has 0 aliphatic heterocycles. The van der Waals surface area contributed by atoms with Gasteiger partial charge in [-0.3, -0.25) is 4.79 Å². The van der Waals surface area contributed by atoms with Crippen molar-refractivity contribution in [3.63, 3.8) is 0 Å². The Kier molecular flexibility index (Phi) is 4.71. The van der Waals surface area contributed by atoms with E-state index in [1.807, 2.05) is 13.8 Å². The van der Waals surface area contributed by atoms with Gasteiger partial charge in [0, 0.05) is 5.54 Å². The van der Waals surface area contributed by atoms with Crippen molar-refractivity contribution in [2.75, 3.05) is 0 Å². The lowest BCUT2D eigenvalue weighted by molar-refractivity contribution is 0.0908. The molecule has 4 nitrogen and oxygen atoms in total. The van der Waals surface area contributed by atoms with Crippen LogP contribution in [-0.4, -0.2) is 21.6 Å². The summed E-state index contributed by atoms with van der Waals surface area (Å²) in [5, 5.41) is 10.2. The van der Waals surface area contributed by atoms with Crippen molar-refractivity contribution < 1.29 is 4.79 Å². The van der Waals surface area contributed by atoms with Gasteiger partial charge in [0.25, 0.3) is 5.91 Å². The van der Waals surface area contributed by atoms with E-state index in [1.54, 1.807) is 0 Å². The van der Waals surface area contributed by atoms with E-state index < -0.39 is 0 Å². The van der Waals surface area contributed by atoms with Crippen LogP contribution in [0.4, 0.5) is 0 Å². The summed E-state index contributed by atoms with van der Waals surface area (Å²) >= 11 is 11.5. The molecule has 1 N–H and O–H groups in total. The van der Waals surface area contributed by atoms with Crippen LogP contribution in [0.1, 0.15) is 44.0 Å². The molecule has 0 fully saturated rings. The standard InChI is InChI=1S/C11H15Cl2N3O/c1-4-5-11(2,3)14-10(17)7-6-8(12)15-16-9(7)13/h6H,4-5H2,1-3H3,(H,14,17). The fraction of sp³-hybridized carbons (Fsp3) is 0.545. The van der Waals surface area contributed by atoms with E-state index >= 15 is 0 Å². The average molecular weight is 276 g/mol. The van der Waals surface area contributed by atoms with Crippen LogP contribution in [0.2, 0.25) is 10.3 Å². The molecule has 0 radical (unpaired) electrons. The number of amides is 1. The second-order valence-electron chi connectivity index (χ2n) is 4.46. The first kappa shape index (κ1) is 14.2. The van der Waals surface area contributed by atoms with E-state index in [9.17, 15) is 4.79 Å². The van der Waals surface area contributed by atoms with Crippen LogP contribution in [0.5, 0.6) is 0 Å². The fourth-order valence-electron chi connectivity index (χ4n) is 1.57. The largest absolute Gasteiger partial charge is 0.347 e. The van der Waals surface area contributed by atoms with Gasteiger partial charge in [0.15, 0.2) is 10.3 Å². The van der Waals surface area contributed by atoms with E-state index in [0.29, 0.717) is 0 Å². The zero-order valence-electron chi connectivity index (χ0n) is 10.1. The number of aromatic nitrogens is 2. The van der Waals surface area contributed by atoms with E-state index in [4.69, 9.17) is 23.2 Å². The first-order chi connectivity index (χ1) is 7.85. The number of carbonyl (C=O) groups is 1. The Morgan fingerprint density at radius 2 is 2.06 bits per heavy atom. The van der Waals surface area contributed by atoms with Crippen LogP contribution in [0.15, 0.2) is 6.07 Å². The molecule has 0 saturated heterocycles. The molecule has 0 atom stereocenters. The van der Waals surface area contributed by atoms with Crippen molar-refractivity contribution in [3.8, 4) is 0 Å². The van der Waals surface area contributed by atoms with Crippen LogP contribution in [-0.2, 0) is 0 Å². The molecule has 0 bridgehead atoms. The minimum atomic E-state index is -0.287. The molecule has 0 aliphatic rings. The fourth-order valence-corrected chi connectivity index (χ4v) is 1.90. The smallest absolute Gasteiger partial charge is 0.255 e. The predicted molar refractivity (Wildman–Crippen MR) is 68.5 cm³/mol. The summed E-state index contributed by atoms with van der Waals surface area (Å²) in [6.45, 7) is 5.98. The highest BCUT2D eigenvalue weighted by Gasteiger charge is 2.22. The molecule has 1 aromatic rings. The Bertz CT molecular complexity index is 421. The summed E-state index contributed by atoms with van der Waals surface area (Å²) in [5.74, 6) is -0.287. The molecule has 1 amide bonds. The number of halogens is 2. The summed E-state index contributed by atoms with van der Waals surface area (Å²) in [6.07, 6.45) is 1.86. The summed E-state index contributed by atoms with van der Waals surface area (Å²) in [5.41, 5.74) is -0.0406. The van der Waals surface area contributed by atoms with Gasteiger partial charge < -0.3 is 5.32 Å². The van der Waals surface area contributed by atoms with Crippen molar-refractivity contribution >= 4 is 29.1 Å². The first-order valence-corrected chi connectivity index (χ1v) is 6.12. The predicted octanol–water partition coefficient (Wildman–Crippen LogP) is 3.09. The summed E-state index contributed by atoms with van der Waals surface area (Å²) in [4.78, 5) is 12.0. The van der Waals surface area contributed by atoms with Crippen molar-refractivity contribution in [1.29, 1.82) is 0 Å². The lowest BCUT2D eigenvalue weighted by Gasteiger charge is -2.25. The Labute approximate surface area is 111 Å². The molecular formula is C11H15Cl2N3O. The minimum absolute atomic E-state index is 0.0548. The van der Waals surface area contributed by atoms with Crippen LogP contribution >= 0.6 is 23.2 Å². The number of nitrogens with zero attached hydrogens (tertiary/aromatic N) is 2. The van der Waals surface area contributed by atoms with Crippen molar-refractivity contribution in [2.24, 2.45) is 0 Å². The highest BCUT2D eigenvalue weighted by molar-refractivity contribution is 6.34. The van der Waals surface area contributed by atoms with Crippen LogP contribution in [0.3, 0.4) is 0 Å². The first-order valence-electron chi connectivity index (χ1n) is 5.37. The maximum absolute atomic E-state index is 12.0. The van der Waals surface area contributed by atoms with E-state index in [0.717, 1.165) is 12.8 Å². The number of nitrogens with one attached hydrogen (secondary N) is 1. The van der Waals surface area contributed by atoms with Gasteiger partial charge in [0.2, 0.25) is 0 Å². The van der Waals surface area contributed by atoms with Crippen LogP contribution in [0.25, 0.3) is 0 Å². The Balaban J connectivity index is 2.86. The molecule has 17 heavy (non-hydrogen) atoms. The third-order valence-electron chi connectivity index (χ3n) is 2.29. The third-order valence-corrected chi connectivity index (χ3v) is 2.75. The maximum atomic E-state index is 12.0. The minimum Gasteiger partial charge on any atom is -0.347 e. The van der Waals surface area contributed by atoms with Gasteiger partial charge in [-0.2, -0.15) is 0 Å². The molecule has 1 heterocycles. The molecule has 0 aromatic carbocycles. The third kappa shape index (κ3) is 4.13. The van der Waals surface area contributed by atoms with Crippen molar-refractivity contribution in [1.82, 2.24) is 15.5 Å². The molecule has 0 saturated carbocycles. The van der Waals surface area contributed by atoms with Gasteiger partial charge in [-0.05, 0) is 26.3 Å². The number of carbonyl (C=O) groups excluding carboxylic acids is 1. The Morgan fingerprint density at radius 3 is 2.65 bits per heavy atom. The van der Waals surface area contributed by atoms with Gasteiger partial charge >= 0.3 is 0 Å². The van der Waals surface area contributed by atoms with Crippen molar-refractivity contribution in [3.05, 3.63) is 21.9 Å². The van der Waals surface area contributed by atoms with Gasteiger partial charge in [0.1, 0.15) is 0 Å². The van der Waals surface area contributed by atoms with Crippen LogP contribution in [0, 0.1) is 0 Å². The molecule has 0 spiro atoms. The van der Waals surface area contributed by atoms with E-state index in [-0.39, 0.29) is 27.3 Å². The quantitative estimate of drug-likeness (QED) is 0.919.